The minimum Gasteiger partial charge on any atom is -0.316 e. The quantitative estimate of drug-likeness (QED) is 0.814. The Morgan fingerprint density at radius 3 is 2.71 bits per heavy atom. The van der Waals surface area contributed by atoms with E-state index in [2.05, 4.69) is 5.32 Å². The number of sulfonamides is 1. The van der Waals surface area contributed by atoms with E-state index in [0.717, 1.165) is 45.3 Å². The molecular formula is C12H22N2O2S. The molecular weight excluding hydrogens is 236 g/mol. The molecule has 0 aromatic carbocycles. The first-order valence-corrected chi connectivity index (χ1v) is 8.46. The minimum absolute atomic E-state index is 0.327. The Morgan fingerprint density at radius 1 is 1.24 bits per heavy atom. The maximum atomic E-state index is 12.4. The lowest BCUT2D eigenvalue weighted by Gasteiger charge is -2.29. The zero-order chi connectivity index (χ0) is 11.9. The zero-order valence-corrected chi connectivity index (χ0v) is 11.1. The second-order valence-electron chi connectivity index (χ2n) is 5.89. The lowest BCUT2D eigenvalue weighted by Crippen LogP contribution is -2.43. The minimum atomic E-state index is -3.00. The van der Waals surface area contributed by atoms with Crippen LogP contribution >= 0.6 is 0 Å². The molecule has 0 aromatic rings. The summed E-state index contributed by atoms with van der Waals surface area (Å²) in [6.45, 7) is 2.72. The van der Waals surface area contributed by atoms with Crippen LogP contribution in [0, 0.1) is 11.8 Å². The average Bonchev–Trinajstić information content (AvgIpc) is 2.91. The lowest BCUT2D eigenvalue weighted by molar-refractivity contribution is 0.325. The first-order chi connectivity index (χ1) is 8.15. The summed E-state index contributed by atoms with van der Waals surface area (Å²) in [6, 6.07) is 0.335. The van der Waals surface area contributed by atoms with Crippen LogP contribution in [0.4, 0.5) is 0 Å². The van der Waals surface area contributed by atoms with Crippen molar-refractivity contribution in [3.8, 4) is 0 Å². The van der Waals surface area contributed by atoms with Crippen LogP contribution in [-0.4, -0.2) is 44.2 Å². The highest BCUT2D eigenvalue weighted by atomic mass is 32.2. The van der Waals surface area contributed by atoms with Crippen molar-refractivity contribution in [3.63, 3.8) is 0 Å². The van der Waals surface area contributed by atoms with Gasteiger partial charge in [0.1, 0.15) is 0 Å². The van der Waals surface area contributed by atoms with E-state index in [9.17, 15) is 8.42 Å². The monoisotopic (exact) mass is 258 g/mol. The molecule has 0 amide bonds. The summed E-state index contributed by atoms with van der Waals surface area (Å²) in [7, 11) is -3.00. The van der Waals surface area contributed by atoms with Crippen LogP contribution in [0.15, 0.2) is 0 Å². The van der Waals surface area contributed by atoms with E-state index in [1.165, 1.54) is 6.42 Å². The molecule has 98 valence electrons. The maximum Gasteiger partial charge on any atom is 0.214 e. The highest BCUT2D eigenvalue weighted by Crippen LogP contribution is 2.39. The van der Waals surface area contributed by atoms with Crippen molar-refractivity contribution >= 4 is 10.0 Å². The molecule has 3 unspecified atom stereocenters. The molecule has 4 nitrogen and oxygen atoms in total. The molecule has 0 radical (unpaired) electrons. The van der Waals surface area contributed by atoms with E-state index in [-0.39, 0.29) is 0 Å². The topological polar surface area (TPSA) is 49.4 Å². The Morgan fingerprint density at radius 2 is 2.12 bits per heavy atom. The number of nitrogens with zero attached hydrogens (tertiary/aromatic N) is 1. The predicted octanol–water partition coefficient (Wildman–Crippen LogP) is 0.800. The molecule has 3 aliphatic rings. The SMILES string of the molecule is O=S(=O)(CC1CCCNC1)N1CC2CCC1C2. The maximum absolute atomic E-state index is 12.4. The molecule has 2 heterocycles. The molecule has 2 saturated heterocycles. The molecule has 1 aliphatic carbocycles. The van der Waals surface area contributed by atoms with Crippen LogP contribution in [0.25, 0.3) is 0 Å². The number of piperidine rings is 2. The fraction of sp³-hybridized carbons (Fsp3) is 1.00. The Balaban J connectivity index is 1.64. The van der Waals surface area contributed by atoms with Gasteiger partial charge in [-0.2, -0.15) is 4.31 Å². The average molecular weight is 258 g/mol. The first-order valence-electron chi connectivity index (χ1n) is 6.85. The van der Waals surface area contributed by atoms with Crippen molar-refractivity contribution in [1.29, 1.82) is 0 Å². The largest absolute Gasteiger partial charge is 0.316 e. The van der Waals surface area contributed by atoms with Crippen molar-refractivity contribution in [1.82, 2.24) is 9.62 Å². The van der Waals surface area contributed by atoms with Gasteiger partial charge in [0.05, 0.1) is 5.75 Å². The highest BCUT2D eigenvalue weighted by molar-refractivity contribution is 7.89. The fourth-order valence-corrected chi connectivity index (χ4v) is 5.84. The van der Waals surface area contributed by atoms with Gasteiger partial charge >= 0.3 is 0 Å². The van der Waals surface area contributed by atoms with Gasteiger partial charge < -0.3 is 5.32 Å². The molecule has 3 rings (SSSR count). The molecule has 1 N–H and O–H groups in total. The molecule has 0 spiro atoms. The summed E-state index contributed by atoms with van der Waals surface area (Å²) >= 11 is 0. The number of rotatable bonds is 3. The van der Waals surface area contributed by atoms with E-state index < -0.39 is 10.0 Å². The smallest absolute Gasteiger partial charge is 0.214 e. The van der Waals surface area contributed by atoms with Crippen molar-refractivity contribution in [2.24, 2.45) is 11.8 Å². The number of hydrogen-bond donors (Lipinski definition) is 1. The van der Waals surface area contributed by atoms with Crippen LogP contribution in [0.3, 0.4) is 0 Å². The third kappa shape index (κ3) is 2.37. The molecule has 0 aromatic heterocycles. The van der Waals surface area contributed by atoms with Crippen LogP contribution < -0.4 is 5.32 Å². The van der Waals surface area contributed by atoms with Crippen LogP contribution in [-0.2, 0) is 10.0 Å². The van der Waals surface area contributed by atoms with Gasteiger partial charge in [0.15, 0.2) is 0 Å². The second kappa shape index (κ2) is 4.52. The van der Waals surface area contributed by atoms with Gasteiger partial charge in [-0.1, -0.05) is 0 Å². The molecule has 5 heteroatoms. The molecule has 3 atom stereocenters. The van der Waals surface area contributed by atoms with Gasteiger partial charge in [-0.15, -0.1) is 0 Å². The zero-order valence-electron chi connectivity index (χ0n) is 10.3. The number of nitrogens with one attached hydrogen (secondary N) is 1. The van der Waals surface area contributed by atoms with Gasteiger partial charge in [-0.25, -0.2) is 8.42 Å². The second-order valence-corrected chi connectivity index (χ2v) is 7.86. The van der Waals surface area contributed by atoms with Crippen molar-refractivity contribution < 1.29 is 8.42 Å². The van der Waals surface area contributed by atoms with Crippen LogP contribution in [0.1, 0.15) is 32.1 Å². The van der Waals surface area contributed by atoms with E-state index in [1.807, 2.05) is 4.31 Å². The normalized spacial score (nSPS) is 38.7. The third-order valence-corrected chi connectivity index (χ3v) is 6.62. The fourth-order valence-electron chi connectivity index (χ4n) is 3.68. The van der Waals surface area contributed by atoms with Gasteiger partial charge in [0.2, 0.25) is 10.0 Å². The molecule has 1 saturated carbocycles. The van der Waals surface area contributed by atoms with Crippen LogP contribution in [0.2, 0.25) is 0 Å². The van der Waals surface area contributed by atoms with E-state index in [1.54, 1.807) is 0 Å². The summed E-state index contributed by atoms with van der Waals surface area (Å²) < 4.78 is 26.6. The summed E-state index contributed by atoms with van der Waals surface area (Å²) in [5.41, 5.74) is 0. The predicted molar refractivity (Wildman–Crippen MR) is 67.2 cm³/mol. The molecule has 3 fully saturated rings. The Labute approximate surface area is 104 Å². The molecule has 17 heavy (non-hydrogen) atoms. The summed E-state index contributed by atoms with van der Waals surface area (Å²) in [4.78, 5) is 0. The first kappa shape index (κ1) is 11.9. The summed E-state index contributed by atoms with van der Waals surface area (Å²) in [6.07, 6.45) is 5.62. The van der Waals surface area contributed by atoms with Gasteiger partial charge in [0.25, 0.3) is 0 Å². The Bertz CT molecular complexity index is 376. The van der Waals surface area contributed by atoms with Gasteiger partial charge in [-0.3, -0.25) is 0 Å². The number of fused-ring (bicyclic) bond motifs is 2. The highest BCUT2D eigenvalue weighted by Gasteiger charge is 2.44. The summed E-state index contributed by atoms with van der Waals surface area (Å²) in [5, 5.41) is 3.30. The van der Waals surface area contributed by atoms with Crippen molar-refractivity contribution in [2.75, 3.05) is 25.4 Å². The lowest BCUT2D eigenvalue weighted by atomic mass is 10.0. The Hall–Kier alpha value is -0.130. The van der Waals surface area contributed by atoms with E-state index in [4.69, 9.17) is 0 Å². The van der Waals surface area contributed by atoms with Crippen LogP contribution in [0.5, 0.6) is 0 Å². The molecule has 2 aliphatic heterocycles. The van der Waals surface area contributed by atoms with Crippen molar-refractivity contribution in [3.05, 3.63) is 0 Å². The molecule has 2 bridgehead atoms. The van der Waals surface area contributed by atoms with E-state index in [0.29, 0.717) is 23.6 Å². The summed E-state index contributed by atoms with van der Waals surface area (Å²) in [5.74, 6) is 1.34. The van der Waals surface area contributed by atoms with Crippen molar-refractivity contribution in [2.45, 2.75) is 38.1 Å². The Kier molecular flexibility index (Phi) is 3.17. The van der Waals surface area contributed by atoms with Gasteiger partial charge in [-0.05, 0) is 57.0 Å². The van der Waals surface area contributed by atoms with Gasteiger partial charge in [0, 0.05) is 12.6 Å². The third-order valence-electron chi connectivity index (χ3n) is 4.56. The number of hydrogen-bond acceptors (Lipinski definition) is 3. The van der Waals surface area contributed by atoms with E-state index >= 15 is 0 Å². The standard InChI is InChI=1S/C12H22N2O2S/c15-17(16,9-11-2-1-5-13-7-11)14-8-10-3-4-12(14)6-10/h10-13H,1-9H2.